The molecule has 2 heteroatoms. The molecule has 0 bridgehead atoms. The Morgan fingerprint density at radius 3 is 1.79 bits per heavy atom. The first-order chi connectivity index (χ1) is 21.3. The summed E-state index contributed by atoms with van der Waals surface area (Å²) in [6.07, 6.45) is 0. The lowest BCUT2D eigenvalue weighted by atomic mass is 9.67. The molecule has 8 aromatic rings. The maximum absolute atomic E-state index is 6.36. The highest BCUT2D eigenvalue weighted by molar-refractivity contribution is 6.10. The largest absolute Gasteiger partial charge is 0.456 e. The van der Waals surface area contributed by atoms with Crippen LogP contribution in [0.5, 0.6) is 0 Å². The molecule has 2 nitrogen and oxygen atoms in total. The fourth-order valence-electron chi connectivity index (χ4n) is 7.25. The van der Waals surface area contributed by atoms with E-state index in [4.69, 9.17) is 4.42 Å². The normalized spacial score (nSPS) is 13.3. The molecule has 0 fully saturated rings. The Kier molecular flexibility index (Phi) is 5.15. The van der Waals surface area contributed by atoms with Crippen LogP contribution in [0, 0.1) is 0 Å². The molecule has 0 aliphatic heterocycles. The Morgan fingerprint density at radius 2 is 1.02 bits per heavy atom. The first kappa shape index (κ1) is 24.0. The molecule has 0 saturated carbocycles. The molecule has 43 heavy (non-hydrogen) atoms. The zero-order valence-corrected chi connectivity index (χ0v) is 23.4. The lowest BCUT2D eigenvalue weighted by molar-refractivity contribution is 0.669. The van der Waals surface area contributed by atoms with E-state index in [0.717, 1.165) is 33.3 Å². The molecular formula is C41H27NO. The fourth-order valence-corrected chi connectivity index (χ4v) is 7.25. The summed E-state index contributed by atoms with van der Waals surface area (Å²) in [7, 11) is 0. The second-order valence-corrected chi connectivity index (χ2v) is 11.4. The molecule has 0 amide bonds. The zero-order chi connectivity index (χ0) is 28.4. The Balaban J connectivity index is 1.18. The van der Waals surface area contributed by atoms with Crippen molar-refractivity contribution in [3.05, 3.63) is 180 Å². The second kappa shape index (κ2) is 9.20. The molecular weight excluding hydrogens is 522 g/mol. The van der Waals surface area contributed by atoms with Crippen molar-refractivity contribution in [1.82, 2.24) is 0 Å². The molecule has 0 saturated heterocycles. The van der Waals surface area contributed by atoms with Gasteiger partial charge in [0.2, 0.25) is 0 Å². The van der Waals surface area contributed by atoms with Crippen LogP contribution in [0.4, 0.5) is 11.4 Å². The molecule has 202 valence electrons. The van der Waals surface area contributed by atoms with Crippen LogP contribution >= 0.6 is 0 Å². The first-order valence-electron chi connectivity index (χ1n) is 14.8. The summed E-state index contributed by atoms with van der Waals surface area (Å²) in [5.41, 5.74) is 11.1. The molecule has 0 radical (unpaired) electrons. The molecule has 0 spiro atoms. The van der Waals surface area contributed by atoms with Gasteiger partial charge in [-0.25, -0.2) is 0 Å². The third-order valence-corrected chi connectivity index (χ3v) is 9.08. The van der Waals surface area contributed by atoms with Crippen LogP contribution in [0.1, 0.15) is 22.3 Å². The molecule has 1 aliphatic carbocycles. The molecule has 9 rings (SSSR count). The van der Waals surface area contributed by atoms with Gasteiger partial charge >= 0.3 is 0 Å². The van der Waals surface area contributed by atoms with E-state index in [2.05, 4.69) is 163 Å². The van der Waals surface area contributed by atoms with Crippen molar-refractivity contribution < 1.29 is 4.42 Å². The van der Waals surface area contributed by atoms with Crippen molar-refractivity contribution in [1.29, 1.82) is 0 Å². The molecule has 7 aromatic carbocycles. The SMILES string of the molecule is c1ccc(C2(c3cccc(Nc4ccc5c(c4)oc4cc6ccccc6cc45)c3)c3ccccc3-c3ccccc32)cc1. The van der Waals surface area contributed by atoms with Gasteiger partial charge in [0.25, 0.3) is 0 Å². The lowest BCUT2D eigenvalue weighted by Crippen LogP contribution is -2.28. The van der Waals surface area contributed by atoms with Gasteiger partial charge in [0.1, 0.15) is 11.2 Å². The van der Waals surface area contributed by atoms with E-state index in [9.17, 15) is 0 Å². The van der Waals surface area contributed by atoms with Gasteiger partial charge in [0.15, 0.2) is 0 Å². The number of furan rings is 1. The first-order valence-corrected chi connectivity index (χ1v) is 14.8. The number of hydrogen-bond acceptors (Lipinski definition) is 2. The van der Waals surface area contributed by atoms with Gasteiger partial charge in [-0.1, -0.05) is 115 Å². The number of nitrogens with one attached hydrogen (secondary N) is 1. The van der Waals surface area contributed by atoms with E-state index >= 15 is 0 Å². The third kappa shape index (κ3) is 3.53. The summed E-state index contributed by atoms with van der Waals surface area (Å²) in [5, 5.41) is 8.37. The van der Waals surface area contributed by atoms with Crippen molar-refractivity contribution in [2.75, 3.05) is 5.32 Å². The summed E-state index contributed by atoms with van der Waals surface area (Å²) in [6.45, 7) is 0. The van der Waals surface area contributed by atoms with Crippen LogP contribution in [0.3, 0.4) is 0 Å². The molecule has 1 aromatic heterocycles. The lowest BCUT2D eigenvalue weighted by Gasteiger charge is -2.34. The van der Waals surface area contributed by atoms with Crippen LogP contribution in [-0.4, -0.2) is 0 Å². The van der Waals surface area contributed by atoms with Crippen molar-refractivity contribution >= 4 is 44.1 Å². The topological polar surface area (TPSA) is 25.2 Å². The van der Waals surface area contributed by atoms with E-state index in [1.54, 1.807) is 0 Å². The third-order valence-electron chi connectivity index (χ3n) is 9.08. The maximum atomic E-state index is 6.36. The van der Waals surface area contributed by atoms with Crippen LogP contribution < -0.4 is 5.32 Å². The van der Waals surface area contributed by atoms with E-state index in [1.165, 1.54) is 44.2 Å². The number of hydrogen-bond donors (Lipinski definition) is 1. The average molecular weight is 550 g/mol. The smallest absolute Gasteiger partial charge is 0.137 e. The van der Waals surface area contributed by atoms with Crippen molar-refractivity contribution in [2.45, 2.75) is 5.41 Å². The fraction of sp³-hybridized carbons (Fsp3) is 0.0244. The highest BCUT2D eigenvalue weighted by Gasteiger charge is 2.45. The Labute approximate surface area is 249 Å². The number of benzene rings is 7. The van der Waals surface area contributed by atoms with Crippen molar-refractivity contribution in [3.8, 4) is 11.1 Å². The van der Waals surface area contributed by atoms with Gasteiger partial charge in [-0.15, -0.1) is 0 Å². The molecule has 0 unspecified atom stereocenters. The van der Waals surface area contributed by atoms with Gasteiger partial charge in [-0.3, -0.25) is 0 Å². The average Bonchev–Trinajstić information content (AvgIpc) is 3.57. The molecule has 0 atom stereocenters. The summed E-state index contributed by atoms with van der Waals surface area (Å²) >= 11 is 0. The van der Waals surface area contributed by atoms with Gasteiger partial charge in [-0.05, 0) is 80.6 Å². The number of rotatable bonds is 4. The zero-order valence-electron chi connectivity index (χ0n) is 23.4. The minimum atomic E-state index is -0.420. The molecule has 1 N–H and O–H groups in total. The van der Waals surface area contributed by atoms with E-state index < -0.39 is 5.41 Å². The summed E-state index contributed by atoms with van der Waals surface area (Å²) in [6, 6.07) is 56.7. The predicted molar refractivity (Wildman–Crippen MR) is 178 cm³/mol. The summed E-state index contributed by atoms with van der Waals surface area (Å²) in [4.78, 5) is 0. The summed E-state index contributed by atoms with van der Waals surface area (Å²) in [5.74, 6) is 0. The highest BCUT2D eigenvalue weighted by atomic mass is 16.3. The van der Waals surface area contributed by atoms with Crippen LogP contribution in [0.25, 0.3) is 43.8 Å². The van der Waals surface area contributed by atoms with Crippen LogP contribution in [-0.2, 0) is 5.41 Å². The van der Waals surface area contributed by atoms with E-state index in [0.29, 0.717) is 0 Å². The Morgan fingerprint density at radius 1 is 0.419 bits per heavy atom. The molecule has 1 heterocycles. The minimum absolute atomic E-state index is 0.420. The van der Waals surface area contributed by atoms with Crippen molar-refractivity contribution in [3.63, 3.8) is 0 Å². The minimum Gasteiger partial charge on any atom is -0.456 e. The maximum Gasteiger partial charge on any atom is 0.137 e. The Bertz CT molecular complexity index is 2280. The molecule has 1 aliphatic rings. The van der Waals surface area contributed by atoms with Crippen molar-refractivity contribution in [2.24, 2.45) is 0 Å². The van der Waals surface area contributed by atoms with E-state index in [-0.39, 0.29) is 0 Å². The monoisotopic (exact) mass is 549 g/mol. The van der Waals surface area contributed by atoms with Gasteiger partial charge in [-0.2, -0.15) is 0 Å². The number of fused-ring (bicyclic) bond motifs is 7. The predicted octanol–water partition coefficient (Wildman–Crippen LogP) is 10.8. The van der Waals surface area contributed by atoms with Gasteiger partial charge in [0, 0.05) is 28.2 Å². The highest BCUT2D eigenvalue weighted by Crippen LogP contribution is 2.56. The quantitative estimate of drug-likeness (QED) is 0.236. The summed E-state index contributed by atoms with van der Waals surface area (Å²) < 4.78 is 6.36. The van der Waals surface area contributed by atoms with Crippen LogP contribution in [0.15, 0.2) is 162 Å². The van der Waals surface area contributed by atoms with Crippen LogP contribution in [0.2, 0.25) is 0 Å². The Hall–Kier alpha value is -5.60. The van der Waals surface area contributed by atoms with Gasteiger partial charge < -0.3 is 9.73 Å². The second-order valence-electron chi connectivity index (χ2n) is 11.4. The van der Waals surface area contributed by atoms with E-state index in [1.807, 2.05) is 0 Å². The number of anilines is 2. The standard InChI is InChI=1S/C41H27NO/c1-2-13-29(14-3-1)41(37-19-8-6-17-33(37)34-18-7-9-20-38(34)41)30-15-10-16-31(25-30)42-32-21-22-35-36-23-27-11-4-5-12-28(27)24-39(36)43-40(35)26-32/h1-26,42H. The van der Waals surface area contributed by atoms with Gasteiger partial charge in [0.05, 0.1) is 5.41 Å².